The van der Waals surface area contributed by atoms with Crippen LogP contribution in [0.5, 0.6) is 0 Å². The Hall–Kier alpha value is -2.41. The molecule has 0 atom stereocenters. The Balaban J connectivity index is 1.77. The molecule has 1 N–H and O–H groups in total. The molecule has 1 amide bonds. The summed E-state index contributed by atoms with van der Waals surface area (Å²) in [7, 11) is 0. The molecule has 7 heteroatoms. The van der Waals surface area contributed by atoms with Crippen LogP contribution in [-0.2, 0) is 11.3 Å². The van der Waals surface area contributed by atoms with Crippen molar-refractivity contribution in [3.63, 3.8) is 0 Å². The van der Waals surface area contributed by atoms with E-state index in [-0.39, 0.29) is 23.2 Å². The molecule has 0 saturated carbocycles. The Morgan fingerprint density at radius 3 is 2.36 bits per heavy atom. The van der Waals surface area contributed by atoms with Gasteiger partial charge in [-0.15, -0.1) is 11.8 Å². The van der Waals surface area contributed by atoms with E-state index < -0.39 is 4.92 Å². The third kappa shape index (κ3) is 4.85. The Labute approximate surface area is 130 Å². The first-order valence-electron chi connectivity index (χ1n) is 6.43. The number of nitro groups is 1. The lowest BCUT2D eigenvalue weighted by molar-refractivity contribution is -0.384. The van der Waals surface area contributed by atoms with Crippen LogP contribution in [0.1, 0.15) is 5.56 Å². The van der Waals surface area contributed by atoms with Gasteiger partial charge < -0.3 is 5.32 Å². The SMILES string of the molecule is O=C(CSc1ccc([N+](=O)[O-])cc1)NCc1ccc(F)cc1. The molecule has 0 aliphatic rings. The number of hydrogen-bond acceptors (Lipinski definition) is 4. The molecule has 5 nitrogen and oxygen atoms in total. The van der Waals surface area contributed by atoms with Crippen molar-refractivity contribution < 1.29 is 14.1 Å². The lowest BCUT2D eigenvalue weighted by Gasteiger charge is -2.05. The molecule has 0 unspecified atom stereocenters. The van der Waals surface area contributed by atoms with Gasteiger partial charge in [0.25, 0.3) is 5.69 Å². The van der Waals surface area contributed by atoms with Crippen molar-refractivity contribution >= 4 is 23.4 Å². The van der Waals surface area contributed by atoms with Crippen molar-refractivity contribution in [1.29, 1.82) is 0 Å². The second-order valence-electron chi connectivity index (χ2n) is 4.44. The average Bonchev–Trinajstić information content (AvgIpc) is 2.52. The van der Waals surface area contributed by atoms with Gasteiger partial charge in [-0.3, -0.25) is 14.9 Å². The summed E-state index contributed by atoms with van der Waals surface area (Å²) in [5, 5.41) is 13.3. The number of nitrogens with one attached hydrogen (secondary N) is 1. The van der Waals surface area contributed by atoms with Crippen molar-refractivity contribution in [2.24, 2.45) is 0 Å². The van der Waals surface area contributed by atoms with Gasteiger partial charge in [0.1, 0.15) is 5.82 Å². The third-order valence-electron chi connectivity index (χ3n) is 2.82. The van der Waals surface area contributed by atoms with Gasteiger partial charge >= 0.3 is 0 Å². The Morgan fingerprint density at radius 2 is 1.77 bits per heavy atom. The molecular formula is C15H13FN2O3S. The molecule has 0 bridgehead atoms. The number of amides is 1. The molecular weight excluding hydrogens is 307 g/mol. The van der Waals surface area contributed by atoms with E-state index in [0.29, 0.717) is 6.54 Å². The number of carbonyl (C=O) groups is 1. The van der Waals surface area contributed by atoms with Gasteiger partial charge in [-0.25, -0.2) is 4.39 Å². The van der Waals surface area contributed by atoms with Crippen molar-refractivity contribution in [2.75, 3.05) is 5.75 Å². The quantitative estimate of drug-likeness (QED) is 0.504. The second-order valence-corrected chi connectivity index (χ2v) is 5.49. The summed E-state index contributed by atoms with van der Waals surface area (Å²) in [5.41, 5.74) is 0.834. The summed E-state index contributed by atoms with van der Waals surface area (Å²) in [6, 6.07) is 11.9. The van der Waals surface area contributed by atoms with Gasteiger partial charge in [0.2, 0.25) is 5.91 Å². The molecule has 2 rings (SSSR count). The first-order valence-corrected chi connectivity index (χ1v) is 7.41. The molecule has 0 radical (unpaired) electrons. The number of nitro benzene ring substituents is 1. The topological polar surface area (TPSA) is 72.2 Å². The molecule has 2 aromatic carbocycles. The second kappa shape index (κ2) is 7.56. The standard InChI is InChI=1S/C15H13FN2O3S/c16-12-3-1-11(2-4-12)9-17-15(19)10-22-14-7-5-13(6-8-14)18(20)21/h1-8H,9-10H2,(H,17,19). The van der Waals surface area contributed by atoms with E-state index in [0.717, 1.165) is 10.5 Å². The van der Waals surface area contributed by atoms with Gasteiger partial charge in [0, 0.05) is 23.6 Å². The molecule has 0 saturated heterocycles. The van der Waals surface area contributed by atoms with E-state index in [2.05, 4.69) is 5.32 Å². The van der Waals surface area contributed by atoms with Crippen LogP contribution in [0.15, 0.2) is 53.4 Å². The van der Waals surface area contributed by atoms with Gasteiger partial charge in [0.05, 0.1) is 10.7 Å². The first kappa shape index (κ1) is 16.0. The van der Waals surface area contributed by atoms with E-state index in [1.54, 1.807) is 24.3 Å². The number of benzene rings is 2. The molecule has 0 aliphatic carbocycles. The summed E-state index contributed by atoms with van der Waals surface area (Å²) >= 11 is 1.29. The summed E-state index contributed by atoms with van der Waals surface area (Å²) in [4.78, 5) is 22.6. The number of nitrogens with zero attached hydrogens (tertiary/aromatic N) is 1. The predicted octanol–water partition coefficient (Wildman–Crippen LogP) is 3.14. The number of thioether (sulfide) groups is 1. The zero-order valence-corrected chi connectivity index (χ0v) is 12.3. The minimum atomic E-state index is -0.468. The lowest BCUT2D eigenvalue weighted by atomic mass is 10.2. The molecule has 22 heavy (non-hydrogen) atoms. The number of non-ortho nitro benzene ring substituents is 1. The molecule has 0 fully saturated rings. The van der Waals surface area contributed by atoms with Crippen LogP contribution in [0, 0.1) is 15.9 Å². The zero-order chi connectivity index (χ0) is 15.9. The Morgan fingerprint density at radius 1 is 1.14 bits per heavy atom. The van der Waals surface area contributed by atoms with Gasteiger partial charge in [-0.1, -0.05) is 12.1 Å². The molecule has 0 aromatic heterocycles. The maximum Gasteiger partial charge on any atom is 0.269 e. The minimum absolute atomic E-state index is 0.0186. The lowest BCUT2D eigenvalue weighted by Crippen LogP contribution is -2.24. The predicted molar refractivity (Wildman–Crippen MR) is 82.1 cm³/mol. The first-order chi connectivity index (χ1) is 10.5. The minimum Gasteiger partial charge on any atom is -0.351 e. The van der Waals surface area contributed by atoms with Crippen LogP contribution in [0.3, 0.4) is 0 Å². The van der Waals surface area contributed by atoms with E-state index in [1.807, 2.05) is 0 Å². The maximum absolute atomic E-state index is 12.7. The molecule has 0 aliphatic heterocycles. The van der Waals surface area contributed by atoms with Crippen molar-refractivity contribution in [3.05, 3.63) is 70.0 Å². The number of carbonyl (C=O) groups excluding carboxylic acids is 1. The molecule has 114 valence electrons. The van der Waals surface area contributed by atoms with E-state index in [9.17, 15) is 19.3 Å². The van der Waals surface area contributed by atoms with Crippen LogP contribution >= 0.6 is 11.8 Å². The van der Waals surface area contributed by atoms with Crippen LogP contribution in [-0.4, -0.2) is 16.6 Å². The monoisotopic (exact) mass is 320 g/mol. The zero-order valence-electron chi connectivity index (χ0n) is 11.5. The van der Waals surface area contributed by atoms with Crippen LogP contribution in [0.4, 0.5) is 10.1 Å². The van der Waals surface area contributed by atoms with Crippen molar-refractivity contribution in [3.8, 4) is 0 Å². The largest absolute Gasteiger partial charge is 0.351 e. The van der Waals surface area contributed by atoms with Crippen LogP contribution in [0.25, 0.3) is 0 Å². The normalized spacial score (nSPS) is 10.2. The van der Waals surface area contributed by atoms with E-state index >= 15 is 0 Å². The number of halogens is 1. The van der Waals surface area contributed by atoms with Crippen LogP contribution < -0.4 is 5.32 Å². The van der Waals surface area contributed by atoms with Crippen molar-refractivity contribution in [1.82, 2.24) is 5.32 Å². The highest BCUT2D eigenvalue weighted by molar-refractivity contribution is 8.00. The summed E-state index contributed by atoms with van der Waals surface area (Å²) in [6.45, 7) is 0.333. The summed E-state index contributed by atoms with van der Waals surface area (Å²) in [6.07, 6.45) is 0. The van der Waals surface area contributed by atoms with Crippen molar-refractivity contribution in [2.45, 2.75) is 11.4 Å². The van der Waals surface area contributed by atoms with Gasteiger partial charge in [-0.05, 0) is 29.8 Å². The maximum atomic E-state index is 12.7. The van der Waals surface area contributed by atoms with E-state index in [4.69, 9.17) is 0 Å². The fourth-order valence-electron chi connectivity index (χ4n) is 1.67. The smallest absolute Gasteiger partial charge is 0.269 e. The Bertz CT molecular complexity index is 659. The van der Waals surface area contributed by atoms with Crippen LogP contribution in [0.2, 0.25) is 0 Å². The summed E-state index contributed by atoms with van der Waals surface area (Å²) < 4.78 is 12.7. The molecule has 2 aromatic rings. The average molecular weight is 320 g/mol. The van der Waals surface area contributed by atoms with Gasteiger partial charge in [-0.2, -0.15) is 0 Å². The molecule has 0 spiro atoms. The van der Waals surface area contributed by atoms with E-state index in [1.165, 1.54) is 36.0 Å². The fourth-order valence-corrected chi connectivity index (χ4v) is 2.40. The fraction of sp³-hybridized carbons (Fsp3) is 0.133. The van der Waals surface area contributed by atoms with Gasteiger partial charge in [0.15, 0.2) is 0 Å². The summed E-state index contributed by atoms with van der Waals surface area (Å²) in [5.74, 6) is -0.268. The highest BCUT2D eigenvalue weighted by Gasteiger charge is 2.06. The third-order valence-corrected chi connectivity index (χ3v) is 3.83. The Kier molecular flexibility index (Phi) is 5.48. The highest BCUT2D eigenvalue weighted by Crippen LogP contribution is 2.21. The highest BCUT2D eigenvalue weighted by atomic mass is 32.2. The molecule has 0 heterocycles. The number of hydrogen-bond donors (Lipinski definition) is 1. The number of rotatable bonds is 6.